The van der Waals surface area contributed by atoms with E-state index in [2.05, 4.69) is 15.3 Å². The molecule has 1 aliphatic rings. The summed E-state index contributed by atoms with van der Waals surface area (Å²) in [5, 5.41) is 12.7. The average Bonchev–Trinajstić information content (AvgIpc) is 2.96. The highest BCUT2D eigenvalue weighted by atomic mass is 19.4. The quantitative estimate of drug-likeness (QED) is 0.177. The summed E-state index contributed by atoms with van der Waals surface area (Å²) in [6, 6.07) is 2.07. The van der Waals surface area contributed by atoms with Crippen LogP contribution < -0.4 is 15.0 Å². The Bertz CT molecular complexity index is 1530. The fourth-order valence-corrected chi connectivity index (χ4v) is 5.10. The van der Waals surface area contributed by atoms with Crippen molar-refractivity contribution in [2.75, 3.05) is 30.5 Å². The van der Waals surface area contributed by atoms with Crippen molar-refractivity contribution < 1.29 is 58.9 Å². The number of fused-ring (bicyclic) bond motifs is 1. The number of amides is 1. The maximum atomic E-state index is 13.6. The predicted molar refractivity (Wildman–Crippen MR) is 146 cm³/mol. The van der Waals surface area contributed by atoms with Crippen molar-refractivity contribution in [2.45, 2.75) is 56.8 Å². The maximum absolute atomic E-state index is 13.6. The number of benzene rings is 2. The van der Waals surface area contributed by atoms with Gasteiger partial charge in [0.05, 0.1) is 46.9 Å². The van der Waals surface area contributed by atoms with Crippen LogP contribution >= 0.6 is 0 Å². The highest BCUT2D eigenvalue weighted by molar-refractivity contribution is 5.89. The van der Waals surface area contributed by atoms with Gasteiger partial charge >= 0.3 is 24.6 Å². The number of alkyl halides is 9. The van der Waals surface area contributed by atoms with Crippen LogP contribution in [0.1, 0.15) is 59.3 Å². The number of ether oxygens (including phenoxy) is 2. The largest absolute Gasteiger partial charge is 0.488 e. The zero-order valence-electron chi connectivity index (χ0n) is 24.1. The van der Waals surface area contributed by atoms with Gasteiger partial charge in [0.2, 0.25) is 5.95 Å². The summed E-state index contributed by atoms with van der Waals surface area (Å²) in [4.78, 5) is 21.4. The standard InChI is InChI=1S/C29H27F9N4O4/c1-3-19-13-21(20-12-16(27(30,31)32)4-5-23(20)42(19)26(43)44)40-25-39-14-24(46-7-6-45-2)22(41-25)10-15-8-17(28(33,34)35)11-18(9-15)29(36,37)38/h4-5,8-9,11-12,14,19,21H,3,6-7,10,13H2,1-2H3,(H,43,44)(H,39,40,41)/t19-,21+/m1/s1. The van der Waals surface area contributed by atoms with Crippen LogP contribution in [0.2, 0.25) is 0 Å². The van der Waals surface area contributed by atoms with Gasteiger partial charge in [0, 0.05) is 19.6 Å². The molecular formula is C29H27F9N4O4. The van der Waals surface area contributed by atoms with Gasteiger partial charge in [-0.05, 0) is 60.4 Å². The summed E-state index contributed by atoms with van der Waals surface area (Å²) in [5.74, 6) is -0.315. The van der Waals surface area contributed by atoms with Gasteiger partial charge in [-0.3, -0.25) is 4.90 Å². The van der Waals surface area contributed by atoms with Crippen LogP contribution in [0.25, 0.3) is 0 Å². The molecule has 0 spiro atoms. The third-order valence-corrected chi connectivity index (χ3v) is 7.24. The van der Waals surface area contributed by atoms with E-state index in [4.69, 9.17) is 9.47 Å². The van der Waals surface area contributed by atoms with Gasteiger partial charge in [-0.2, -0.15) is 39.5 Å². The molecule has 250 valence electrons. The Morgan fingerprint density at radius 1 is 0.957 bits per heavy atom. The number of aromatic nitrogens is 2. The first-order valence-corrected chi connectivity index (χ1v) is 13.7. The van der Waals surface area contributed by atoms with Crippen LogP contribution in [-0.4, -0.2) is 47.5 Å². The molecule has 17 heteroatoms. The molecule has 1 aromatic heterocycles. The lowest BCUT2D eigenvalue weighted by Gasteiger charge is -2.39. The number of hydrogen-bond donors (Lipinski definition) is 2. The van der Waals surface area contributed by atoms with Crippen molar-refractivity contribution >= 4 is 17.7 Å². The number of carboxylic acid groups (broad SMARTS) is 1. The van der Waals surface area contributed by atoms with E-state index in [1.807, 2.05) is 0 Å². The minimum Gasteiger partial charge on any atom is -0.488 e. The smallest absolute Gasteiger partial charge is 0.416 e. The van der Waals surface area contributed by atoms with Crippen molar-refractivity contribution in [2.24, 2.45) is 0 Å². The molecule has 2 aromatic carbocycles. The molecule has 2 heterocycles. The van der Waals surface area contributed by atoms with Crippen LogP contribution in [-0.2, 0) is 29.7 Å². The van der Waals surface area contributed by atoms with E-state index >= 15 is 0 Å². The number of methoxy groups -OCH3 is 1. The van der Waals surface area contributed by atoms with Gasteiger partial charge in [-0.1, -0.05) is 6.92 Å². The molecule has 1 amide bonds. The zero-order valence-corrected chi connectivity index (χ0v) is 24.1. The summed E-state index contributed by atoms with van der Waals surface area (Å²) in [7, 11) is 1.37. The van der Waals surface area contributed by atoms with Crippen molar-refractivity contribution in [1.82, 2.24) is 9.97 Å². The fourth-order valence-electron chi connectivity index (χ4n) is 5.10. The Morgan fingerprint density at radius 2 is 1.59 bits per heavy atom. The van der Waals surface area contributed by atoms with E-state index in [0.717, 1.165) is 29.3 Å². The number of anilines is 2. The molecule has 3 aromatic rings. The molecule has 8 nitrogen and oxygen atoms in total. The van der Waals surface area contributed by atoms with E-state index in [-0.39, 0.29) is 54.3 Å². The second kappa shape index (κ2) is 13.2. The van der Waals surface area contributed by atoms with Crippen molar-refractivity contribution in [3.63, 3.8) is 0 Å². The second-order valence-electron chi connectivity index (χ2n) is 10.4. The summed E-state index contributed by atoms with van der Waals surface area (Å²) in [6.07, 6.45) is -15.5. The van der Waals surface area contributed by atoms with Crippen molar-refractivity contribution in [3.05, 3.63) is 76.1 Å². The lowest BCUT2D eigenvalue weighted by Crippen LogP contribution is -2.45. The first-order chi connectivity index (χ1) is 21.4. The predicted octanol–water partition coefficient (Wildman–Crippen LogP) is 7.97. The van der Waals surface area contributed by atoms with Gasteiger partial charge in [0.1, 0.15) is 6.61 Å². The van der Waals surface area contributed by atoms with Crippen molar-refractivity contribution in [1.29, 1.82) is 0 Å². The third-order valence-electron chi connectivity index (χ3n) is 7.24. The van der Waals surface area contributed by atoms with E-state index in [1.165, 1.54) is 7.11 Å². The Morgan fingerprint density at radius 3 is 2.13 bits per heavy atom. The molecule has 0 saturated heterocycles. The van der Waals surface area contributed by atoms with Gasteiger partial charge in [0.25, 0.3) is 0 Å². The zero-order chi connectivity index (χ0) is 34.0. The average molecular weight is 667 g/mol. The molecule has 0 fully saturated rings. The topological polar surface area (TPSA) is 96.8 Å². The SMILES string of the molecule is CC[C@@H]1C[C@H](Nc2ncc(OCCOC)c(Cc3cc(C(F)(F)F)cc(C(F)(F)F)c3)n2)c2cc(C(F)(F)F)ccc2N1C(=O)O. The van der Waals surface area contributed by atoms with Crippen LogP contribution in [0.15, 0.2) is 42.6 Å². The summed E-state index contributed by atoms with van der Waals surface area (Å²) in [5.41, 5.74) is -4.64. The van der Waals surface area contributed by atoms with Gasteiger partial charge in [-0.25, -0.2) is 14.8 Å². The molecule has 2 N–H and O–H groups in total. The number of hydrogen-bond acceptors (Lipinski definition) is 6. The molecule has 4 rings (SSSR count). The van der Waals surface area contributed by atoms with E-state index in [9.17, 15) is 49.4 Å². The van der Waals surface area contributed by atoms with Crippen LogP contribution in [0, 0.1) is 0 Å². The lowest BCUT2D eigenvalue weighted by atomic mass is 9.89. The lowest BCUT2D eigenvalue weighted by molar-refractivity contribution is -0.143. The van der Waals surface area contributed by atoms with Gasteiger partial charge in [0.15, 0.2) is 5.75 Å². The Labute approximate surface area is 256 Å². The van der Waals surface area contributed by atoms with E-state index in [0.29, 0.717) is 18.6 Å². The molecule has 0 aliphatic carbocycles. The number of rotatable bonds is 9. The Balaban J connectivity index is 1.78. The molecule has 0 unspecified atom stereocenters. The highest BCUT2D eigenvalue weighted by Crippen LogP contribution is 2.43. The van der Waals surface area contributed by atoms with Crippen LogP contribution in [0.5, 0.6) is 5.75 Å². The molecule has 1 aliphatic heterocycles. The maximum Gasteiger partial charge on any atom is 0.416 e. The van der Waals surface area contributed by atoms with E-state index in [1.54, 1.807) is 6.92 Å². The summed E-state index contributed by atoms with van der Waals surface area (Å²) >= 11 is 0. The first kappa shape index (κ1) is 34.6. The van der Waals surface area contributed by atoms with Crippen molar-refractivity contribution in [3.8, 4) is 5.75 Å². The minimum absolute atomic E-state index is 0.000474. The number of nitrogens with zero attached hydrogens (tertiary/aromatic N) is 3. The molecular weight excluding hydrogens is 639 g/mol. The third kappa shape index (κ3) is 7.92. The monoisotopic (exact) mass is 666 g/mol. The normalized spacial score (nSPS) is 17.1. The molecule has 0 bridgehead atoms. The molecule has 46 heavy (non-hydrogen) atoms. The van der Waals surface area contributed by atoms with Gasteiger partial charge in [-0.15, -0.1) is 0 Å². The van der Waals surface area contributed by atoms with Crippen LogP contribution in [0.3, 0.4) is 0 Å². The number of carbonyl (C=O) groups is 1. The molecule has 0 radical (unpaired) electrons. The van der Waals surface area contributed by atoms with Gasteiger partial charge < -0.3 is 19.9 Å². The highest BCUT2D eigenvalue weighted by Gasteiger charge is 2.39. The van der Waals surface area contributed by atoms with E-state index < -0.39 is 65.4 Å². The minimum atomic E-state index is -5.09. The fraction of sp³-hybridized carbons (Fsp3) is 0.414. The first-order valence-electron chi connectivity index (χ1n) is 13.7. The number of nitrogens with one attached hydrogen (secondary N) is 1. The second-order valence-corrected chi connectivity index (χ2v) is 10.4. The summed E-state index contributed by atoms with van der Waals surface area (Å²) in [6.45, 7) is 1.69. The summed E-state index contributed by atoms with van der Waals surface area (Å²) < 4.78 is 132. The number of halogens is 9. The Kier molecular flexibility index (Phi) is 9.94. The molecule has 0 saturated carbocycles. The van der Waals surface area contributed by atoms with Crippen LogP contribution in [0.4, 0.5) is 55.9 Å². The molecule has 2 atom stereocenters. The Hall–Kier alpha value is -4.28.